The monoisotopic (exact) mass is 436 g/mol. The van der Waals surface area contributed by atoms with Gasteiger partial charge in [0, 0.05) is 38.7 Å². The first-order chi connectivity index (χ1) is 14.4. The van der Waals surface area contributed by atoms with Crippen molar-refractivity contribution in [2.24, 2.45) is 0 Å². The number of carbonyl (C=O) groups is 1. The molecule has 4 nitrogen and oxygen atoms in total. The normalized spacial score (nSPS) is 11.6. The fourth-order valence-corrected chi connectivity index (χ4v) is 3.88. The van der Waals surface area contributed by atoms with Crippen LogP contribution in [-0.2, 0) is 24.0 Å². The first-order valence-electron chi connectivity index (χ1n) is 9.50. The number of ether oxygens (including phenoxy) is 1. The minimum absolute atomic E-state index is 0.0621. The van der Waals surface area contributed by atoms with Crippen LogP contribution < -0.4 is 0 Å². The molecule has 160 valence electrons. The molecule has 0 atom stereocenters. The van der Waals surface area contributed by atoms with E-state index in [1.54, 1.807) is 24.1 Å². The highest BCUT2D eigenvalue weighted by Gasteiger charge is 2.30. The van der Waals surface area contributed by atoms with Gasteiger partial charge in [-0.2, -0.15) is 13.2 Å². The summed E-state index contributed by atoms with van der Waals surface area (Å²) < 4.78 is 46.0. The zero-order valence-electron chi connectivity index (χ0n) is 16.6. The predicted octanol–water partition coefficient (Wildman–Crippen LogP) is 5.30. The van der Waals surface area contributed by atoms with E-state index in [9.17, 15) is 18.0 Å². The second-order valence-electron chi connectivity index (χ2n) is 6.88. The number of thiophene rings is 1. The standard InChI is InChI=1S/C22H23F3N2O2S/c1-29-12-5-11-27(21(28)20-9-4-13-30-20)16-19-8-3-10-26(19)15-17-6-2-7-18(14-17)22(23,24)25/h2-4,6-10,13-14H,5,11-12,15-16H2,1H3. The first-order valence-corrected chi connectivity index (χ1v) is 10.4. The Labute approximate surface area is 177 Å². The number of benzene rings is 1. The van der Waals surface area contributed by atoms with Crippen LogP contribution in [0.25, 0.3) is 0 Å². The molecule has 0 radical (unpaired) electrons. The van der Waals surface area contributed by atoms with Crippen molar-refractivity contribution in [2.45, 2.75) is 25.7 Å². The van der Waals surface area contributed by atoms with Crippen molar-refractivity contribution in [1.82, 2.24) is 9.47 Å². The Hall–Kier alpha value is -2.58. The van der Waals surface area contributed by atoms with Crippen molar-refractivity contribution < 1.29 is 22.7 Å². The Balaban J connectivity index is 1.77. The van der Waals surface area contributed by atoms with E-state index in [-0.39, 0.29) is 5.91 Å². The molecule has 0 aliphatic rings. The molecular formula is C22H23F3N2O2S. The Bertz CT molecular complexity index is 951. The molecule has 0 spiro atoms. The first kappa shape index (κ1) is 22.1. The van der Waals surface area contributed by atoms with Crippen molar-refractivity contribution in [1.29, 1.82) is 0 Å². The van der Waals surface area contributed by atoms with Crippen molar-refractivity contribution >= 4 is 17.2 Å². The summed E-state index contributed by atoms with van der Waals surface area (Å²) in [5, 5.41) is 1.86. The fraction of sp³-hybridized carbons (Fsp3) is 0.318. The van der Waals surface area contributed by atoms with Gasteiger partial charge in [-0.3, -0.25) is 4.79 Å². The van der Waals surface area contributed by atoms with Crippen molar-refractivity contribution in [3.63, 3.8) is 0 Å². The molecule has 3 aromatic rings. The molecule has 0 fully saturated rings. The molecule has 1 aromatic carbocycles. The highest BCUT2D eigenvalue weighted by Crippen LogP contribution is 2.29. The van der Waals surface area contributed by atoms with E-state index in [0.717, 1.165) is 17.8 Å². The summed E-state index contributed by atoms with van der Waals surface area (Å²) in [7, 11) is 1.62. The van der Waals surface area contributed by atoms with Gasteiger partial charge in [0.15, 0.2) is 0 Å². The molecule has 30 heavy (non-hydrogen) atoms. The number of halogens is 3. The average molecular weight is 436 g/mol. The molecule has 2 heterocycles. The third-order valence-corrected chi connectivity index (χ3v) is 5.54. The van der Waals surface area contributed by atoms with Crippen LogP contribution in [-0.4, -0.2) is 35.6 Å². The number of nitrogens with zero attached hydrogens (tertiary/aromatic N) is 2. The minimum Gasteiger partial charge on any atom is -0.385 e. The lowest BCUT2D eigenvalue weighted by Crippen LogP contribution is -2.32. The summed E-state index contributed by atoms with van der Waals surface area (Å²) in [5.74, 6) is -0.0621. The largest absolute Gasteiger partial charge is 0.416 e. The lowest BCUT2D eigenvalue weighted by molar-refractivity contribution is -0.137. The molecule has 3 rings (SSSR count). The fourth-order valence-electron chi connectivity index (χ4n) is 3.19. The van der Waals surface area contributed by atoms with E-state index >= 15 is 0 Å². The van der Waals surface area contributed by atoms with Gasteiger partial charge >= 0.3 is 6.18 Å². The highest BCUT2D eigenvalue weighted by atomic mass is 32.1. The zero-order valence-corrected chi connectivity index (χ0v) is 17.4. The number of methoxy groups -OCH3 is 1. The lowest BCUT2D eigenvalue weighted by atomic mass is 10.1. The summed E-state index contributed by atoms with van der Waals surface area (Å²) in [6.45, 7) is 1.73. The summed E-state index contributed by atoms with van der Waals surface area (Å²) in [5.41, 5.74) is 0.746. The Kier molecular flexibility index (Phi) is 7.33. The van der Waals surface area contributed by atoms with Crippen LogP contribution in [0.3, 0.4) is 0 Å². The van der Waals surface area contributed by atoms with Crippen LogP contribution in [0.1, 0.15) is 32.9 Å². The molecular weight excluding hydrogens is 413 g/mol. The SMILES string of the molecule is COCCCN(Cc1cccn1Cc1cccc(C(F)(F)F)c1)C(=O)c1cccs1. The third kappa shape index (κ3) is 5.73. The lowest BCUT2D eigenvalue weighted by Gasteiger charge is -2.23. The Morgan fingerprint density at radius 1 is 1.17 bits per heavy atom. The van der Waals surface area contributed by atoms with Crippen molar-refractivity contribution in [2.75, 3.05) is 20.3 Å². The average Bonchev–Trinajstić information content (AvgIpc) is 3.39. The van der Waals surface area contributed by atoms with Gasteiger partial charge < -0.3 is 14.2 Å². The second kappa shape index (κ2) is 9.95. The Morgan fingerprint density at radius 2 is 2.00 bits per heavy atom. The Morgan fingerprint density at radius 3 is 2.70 bits per heavy atom. The molecule has 0 bridgehead atoms. The maximum absolute atomic E-state index is 13.0. The molecule has 0 saturated heterocycles. The minimum atomic E-state index is -4.37. The van der Waals surface area contributed by atoms with Gasteiger partial charge in [0.05, 0.1) is 17.0 Å². The van der Waals surface area contributed by atoms with Gasteiger partial charge in [0.2, 0.25) is 0 Å². The molecule has 2 aromatic heterocycles. The van der Waals surface area contributed by atoms with Gasteiger partial charge in [-0.25, -0.2) is 0 Å². The van der Waals surface area contributed by atoms with Gasteiger partial charge in [-0.1, -0.05) is 18.2 Å². The highest BCUT2D eigenvalue weighted by molar-refractivity contribution is 7.12. The zero-order chi connectivity index (χ0) is 21.6. The number of amides is 1. The number of hydrogen-bond acceptors (Lipinski definition) is 3. The number of aromatic nitrogens is 1. The van der Waals surface area contributed by atoms with Crippen LogP contribution >= 0.6 is 11.3 Å². The number of rotatable bonds is 9. The molecule has 0 saturated carbocycles. The van der Waals surface area contributed by atoms with E-state index in [0.29, 0.717) is 43.1 Å². The number of hydrogen-bond donors (Lipinski definition) is 0. The van der Waals surface area contributed by atoms with E-state index in [1.807, 2.05) is 34.3 Å². The van der Waals surface area contributed by atoms with Crippen LogP contribution in [0.15, 0.2) is 60.1 Å². The van der Waals surface area contributed by atoms with Gasteiger partial charge in [-0.05, 0) is 47.7 Å². The van der Waals surface area contributed by atoms with Crippen molar-refractivity contribution in [3.05, 3.63) is 81.8 Å². The van der Waals surface area contributed by atoms with Crippen LogP contribution in [0, 0.1) is 0 Å². The topological polar surface area (TPSA) is 34.5 Å². The predicted molar refractivity (Wildman–Crippen MR) is 111 cm³/mol. The summed E-state index contributed by atoms with van der Waals surface area (Å²) in [6.07, 6.45) is -1.86. The summed E-state index contributed by atoms with van der Waals surface area (Å²) in [4.78, 5) is 15.3. The number of carbonyl (C=O) groups excluding carboxylic acids is 1. The molecule has 0 aliphatic heterocycles. The molecule has 1 amide bonds. The smallest absolute Gasteiger partial charge is 0.385 e. The van der Waals surface area contributed by atoms with Crippen molar-refractivity contribution in [3.8, 4) is 0 Å². The van der Waals surface area contributed by atoms with E-state index in [2.05, 4.69) is 0 Å². The maximum Gasteiger partial charge on any atom is 0.416 e. The van der Waals surface area contributed by atoms with Gasteiger partial charge in [0.25, 0.3) is 5.91 Å². The molecule has 0 aliphatic carbocycles. The molecule has 8 heteroatoms. The maximum atomic E-state index is 13.0. The molecule has 0 unspecified atom stereocenters. The quantitative estimate of drug-likeness (QED) is 0.427. The van der Waals surface area contributed by atoms with Gasteiger partial charge in [0.1, 0.15) is 0 Å². The van der Waals surface area contributed by atoms with Gasteiger partial charge in [-0.15, -0.1) is 11.3 Å². The van der Waals surface area contributed by atoms with E-state index in [1.165, 1.54) is 17.4 Å². The van der Waals surface area contributed by atoms with E-state index < -0.39 is 11.7 Å². The van der Waals surface area contributed by atoms with Crippen LogP contribution in [0.2, 0.25) is 0 Å². The van der Waals surface area contributed by atoms with E-state index in [4.69, 9.17) is 4.74 Å². The second-order valence-corrected chi connectivity index (χ2v) is 7.82. The molecule has 0 N–H and O–H groups in total. The third-order valence-electron chi connectivity index (χ3n) is 4.68. The number of alkyl halides is 3. The summed E-state index contributed by atoms with van der Waals surface area (Å²) in [6, 6.07) is 12.7. The van der Waals surface area contributed by atoms with Crippen LogP contribution in [0.5, 0.6) is 0 Å². The van der Waals surface area contributed by atoms with Crippen LogP contribution in [0.4, 0.5) is 13.2 Å². The summed E-state index contributed by atoms with van der Waals surface area (Å²) >= 11 is 1.39.